The van der Waals surface area contributed by atoms with E-state index >= 15 is 0 Å². The number of hydrogen-bond donors (Lipinski definition) is 3. The quantitative estimate of drug-likeness (QED) is 0.690. The number of benzene rings is 1. The standard InChI is InChI=1S/C13H16ClNO6S/c1-7(2)5-11(13(18)19)15-22(20,21)8-3-4-10(14)9(6-8)12(16)17/h3-4,6-7,11,15H,5H2,1-2H3,(H,16,17)(H,18,19). The van der Waals surface area contributed by atoms with Crippen LogP contribution in [0.5, 0.6) is 0 Å². The van der Waals surface area contributed by atoms with Crippen molar-refractivity contribution in [3.05, 3.63) is 28.8 Å². The Bertz CT molecular complexity index is 686. The molecule has 0 saturated heterocycles. The lowest BCUT2D eigenvalue weighted by molar-refractivity contribution is -0.139. The number of sulfonamides is 1. The molecule has 0 amide bonds. The highest BCUT2D eigenvalue weighted by atomic mass is 35.5. The van der Waals surface area contributed by atoms with Gasteiger partial charge in [-0.05, 0) is 30.5 Å². The summed E-state index contributed by atoms with van der Waals surface area (Å²) >= 11 is 5.68. The van der Waals surface area contributed by atoms with Gasteiger partial charge in [-0.15, -0.1) is 0 Å². The molecule has 0 spiro atoms. The molecule has 0 heterocycles. The highest BCUT2D eigenvalue weighted by Gasteiger charge is 2.27. The first kappa shape index (κ1) is 18.4. The second-order valence-corrected chi connectivity index (χ2v) is 7.21. The molecular weight excluding hydrogens is 334 g/mol. The maximum Gasteiger partial charge on any atom is 0.337 e. The third kappa shape index (κ3) is 4.69. The molecule has 22 heavy (non-hydrogen) atoms. The van der Waals surface area contributed by atoms with Crippen LogP contribution in [0.3, 0.4) is 0 Å². The van der Waals surface area contributed by atoms with E-state index in [2.05, 4.69) is 4.72 Å². The maximum absolute atomic E-state index is 12.2. The first-order valence-electron chi connectivity index (χ1n) is 6.32. The third-order valence-corrected chi connectivity index (χ3v) is 4.58. The largest absolute Gasteiger partial charge is 0.480 e. The van der Waals surface area contributed by atoms with E-state index in [1.165, 1.54) is 0 Å². The number of aromatic carboxylic acids is 1. The van der Waals surface area contributed by atoms with Crippen molar-refractivity contribution in [3.63, 3.8) is 0 Å². The molecular formula is C13H16ClNO6S. The van der Waals surface area contributed by atoms with Crippen molar-refractivity contribution < 1.29 is 28.2 Å². The molecule has 1 rings (SSSR count). The van der Waals surface area contributed by atoms with Gasteiger partial charge in [-0.25, -0.2) is 13.2 Å². The highest BCUT2D eigenvalue weighted by Crippen LogP contribution is 2.21. The molecule has 1 aromatic carbocycles. The van der Waals surface area contributed by atoms with Gasteiger partial charge in [-0.1, -0.05) is 25.4 Å². The lowest BCUT2D eigenvalue weighted by atomic mass is 10.1. The minimum atomic E-state index is -4.18. The molecule has 1 aromatic rings. The molecule has 0 saturated carbocycles. The van der Waals surface area contributed by atoms with Crippen LogP contribution in [0.25, 0.3) is 0 Å². The normalized spacial score (nSPS) is 13.1. The van der Waals surface area contributed by atoms with Crippen LogP contribution in [0, 0.1) is 5.92 Å². The molecule has 0 aromatic heterocycles. The average Bonchev–Trinajstić information content (AvgIpc) is 2.36. The zero-order chi connectivity index (χ0) is 17.1. The summed E-state index contributed by atoms with van der Waals surface area (Å²) in [5.74, 6) is -2.72. The van der Waals surface area contributed by atoms with Crippen LogP contribution in [0.1, 0.15) is 30.6 Å². The van der Waals surface area contributed by atoms with E-state index in [4.69, 9.17) is 21.8 Å². The van der Waals surface area contributed by atoms with Crippen molar-refractivity contribution in [1.82, 2.24) is 4.72 Å². The lowest BCUT2D eigenvalue weighted by Gasteiger charge is -2.17. The van der Waals surface area contributed by atoms with E-state index in [0.717, 1.165) is 18.2 Å². The Morgan fingerprint density at radius 2 is 1.86 bits per heavy atom. The van der Waals surface area contributed by atoms with Gasteiger partial charge < -0.3 is 10.2 Å². The first-order valence-corrected chi connectivity index (χ1v) is 8.18. The first-order chi connectivity index (χ1) is 10.0. The fourth-order valence-corrected chi connectivity index (χ4v) is 3.19. The molecule has 0 bridgehead atoms. The number of nitrogens with one attached hydrogen (secondary N) is 1. The second-order valence-electron chi connectivity index (χ2n) is 5.09. The van der Waals surface area contributed by atoms with Crippen LogP contribution in [-0.4, -0.2) is 36.6 Å². The number of carboxylic acid groups (broad SMARTS) is 2. The molecule has 9 heteroatoms. The number of carboxylic acids is 2. The molecule has 0 aliphatic carbocycles. The van der Waals surface area contributed by atoms with Gasteiger partial charge in [0.15, 0.2) is 0 Å². The molecule has 0 aliphatic heterocycles. The Labute approximate surface area is 133 Å². The second kappa shape index (κ2) is 7.08. The fraction of sp³-hybridized carbons (Fsp3) is 0.385. The van der Waals surface area contributed by atoms with Crippen LogP contribution >= 0.6 is 11.6 Å². The Morgan fingerprint density at radius 3 is 2.32 bits per heavy atom. The zero-order valence-electron chi connectivity index (χ0n) is 11.9. The maximum atomic E-state index is 12.2. The van der Waals surface area contributed by atoms with Crippen molar-refractivity contribution in [3.8, 4) is 0 Å². The van der Waals surface area contributed by atoms with Gasteiger partial charge in [0.1, 0.15) is 6.04 Å². The molecule has 7 nitrogen and oxygen atoms in total. The summed E-state index contributed by atoms with van der Waals surface area (Å²) in [5.41, 5.74) is -0.375. The predicted octanol–water partition coefficient (Wildman–Crippen LogP) is 1.82. The van der Waals surface area contributed by atoms with E-state index in [0.29, 0.717) is 0 Å². The van der Waals surface area contributed by atoms with Gasteiger partial charge in [0, 0.05) is 0 Å². The van der Waals surface area contributed by atoms with Gasteiger partial charge in [0.2, 0.25) is 10.0 Å². The summed E-state index contributed by atoms with van der Waals surface area (Å²) in [6.45, 7) is 3.52. The summed E-state index contributed by atoms with van der Waals surface area (Å²) in [4.78, 5) is 21.8. The molecule has 0 fully saturated rings. The SMILES string of the molecule is CC(C)CC(NS(=O)(=O)c1ccc(Cl)c(C(=O)O)c1)C(=O)O. The van der Waals surface area contributed by atoms with Crippen molar-refractivity contribution >= 4 is 33.6 Å². The van der Waals surface area contributed by atoms with E-state index < -0.39 is 28.0 Å². The topological polar surface area (TPSA) is 121 Å². The van der Waals surface area contributed by atoms with Crippen LogP contribution in [0.4, 0.5) is 0 Å². The molecule has 122 valence electrons. The van der Waals surface area contributed by atoms with Crippen molar-refractivity contribution in [2.45, 2.75) is 31.2 Å². The van der Waals surface area contributed by atoms with Crippen molar-refractivity contribution in [1.29, 1.82) is 0 Å². The molecule has 3 N–H and O–H groups in total. The van der Waals surface area contributed by atoms with Gasteiger partial charge in [0.25, 0.3) is 0 Å². The Balaban J connectivity index is 3.16. The van der Waals surface area contributed by atoms with Crippen LogP contribution in [0.15, 0.2) is 23.1 Å². The molecule has 1 unspecified atom stereocenters. The van der Waals surface area contributed by atoms with Crippen molar-refractivity contribution in [2.75, 3.05) is 0 Å². The minimum absolute atomic E-state index is 0.0383. The summed E-state index contributed by atoms with van der Waals surface area (Å²) in [5, 5.41) is 17.9. The molecule has 0 radical (unpaired) electrons. The number of aliphatic carboxylic acids is 1. The van der Waals surface area contributed by atoms with Gasteiger partial charge in [0.05, 0.1) is 15.5 Å². The number of hydrogen-bond acceptors (Lipinski definition) is 4. The summed E-state index contributed by atoms with van der Waals surface area (Å²) in [6, 6.07) is 1.85. The lowest BCUT2D eigenvalue weighted by Crippen LogP contribution is -2.41. The van der Waals surface area contributed by atoms with Gasteiger partial charge in [-0.3, -0.25) is 4.79 Å². The van der Waals surface area contributed by atoms with Gasteiger partial charge in [-0.2, -0.15) is 4.72 Å². The molecule has 0 aliphatic rings. The Kier molecular flexibility index (Phi) is 5.92. The predicted molar refractivity (Wildman–Crippen MR) is 79.6 cm³/mol. The number of halogens is 1. The van der Waals surface area contributed by atoms with Crippen LogP contribution in [0.2, 0.25) is 5.02 Å². The number of rotatable bonds is 7. The summed E-state index contributed by atoms with van der Waals surface area (Å²) in [7, 11) is -4.18. The fourth-order valence-electron chi connectivity index (χ4n) is 1.76. The summed E-state index contributed by atoms with van der Waals surface area (Å²) in [6.07, 6.45) is 0.105. The highest BCUT2D eigenvalue weighted by molar-refractivity contribution is 7.89. The van der Waals surface area contributed by atoms with E-state index in [1.807, 2.05) is 0 Å². The van der Waals surface area contributed by atoms with Gasteiger partial charge >= 0.3 is 11.9 Å². The van der Waals surface area contributed by atoms with E-state index in [-0.39, 0.29) is 27.8 Å². The van der Waals surface area contributed by atoms with Crippen molar-refractivity contribution in [2.24, 2.45) is 5.92 Å². The Hall–Kier alpha value is -1.64. The molecule has 1 atom stereocenters. The average molecular weight is 350 g/mol. The van der Waals surface area contributed by atoms with E-state index in [1.54, 1.807) is 13.8 Å². The smallest absolute Gasteiger partial charge is 0.337 e. The van der Waals surface area contributed by atoms with E-state index in [9.17, 15) is 18.0 Å². The minimum Gasteiger partial charge on any atom is -0.480 e. The zero-order valence-corrected chi connectivity index (χ0v) is 13.5. The van der Waals surface area contributed by atoms with Crippen LogP contribution in [-0.2, 0) is 14.8 Å². The van der Waals surface area contributed by atoms with Crippen LogP contribution < -0.4 is 4.72 Å². The monoisotopic (exact) mass is 349 g/mol. The Morgan fingerprint density at radius 1 is 1.27 bits per heavy atom. The number of carbonyl (C=O) groups is 2. The third-order valence-electron chi connectivity index (χ3n) is 2.78. The summed E-state index contributed by atoms with van der Waals surface area (Å²) < 4.78 is 26.5.